The van der Waals surface area contributed by atoms with Gasteiger partial charge in [0.25, 0.3) is 0 Å². The van der Waals surface area contributed by atoms with Crippen LogP contribution in [-0.2, 0) is 6.42 Å². The van der Waals surface area contributed by atoms with Gasteiger partial charge in [0.1, 0.15) is 0 Å². The first-order valence-electron chi connectivity index (χ1n) is 7.18. The lowest BCUT2D eigenvalue weighted by Crippen LogP contribution is -2.28. The van der Waals surface area contributed by atoms with Crippen molar-refractivity contribution >= 4 is 11.7 Å². The molecule has 0 saturated carbocycles. The molecule has 2 aliphatic heterocycles. The first-order valence-corrected chi connectivity index (χ1v) is 7.18. The summed E-state index contributed by atoms with van der Waals surface area (Å²) in [5, 5.41) is 6.23. The molecule has 2 saturated heterocycles. The van der Waals surface area contributed by atoms with Gasteiger partial charge in [0, 0.05) is 18.8 Å². The van der Waals surface area contributed by atoms with Crippen LogP contribution in [0, 0.1) is 5.92 Å². The smallest absolute Gasteiger partial charge is 0.321 e. The normalized spacial score (nSPS) is 20.6. The van der Waals surface area contributed by atoms with Crippen molar-refractivity contribution in [1.82, 2.24) is 10.6 Å². The molecule has 2 N–H and O–H groups in total. The molecule has 0 aliphatic carbocycles. The number of hydrogen-bond donors (Lipinski definition) is 2. The standard InChI is InChI=1S/C15H21N3O/c19-15-17-9-10-18(15)14-3-1-12(2-4-14)11-13-5-7-16-8-6-13/h1-4,13,16H,5-11H2,(H,17,19). The van der Waals surface area contributed by atoms with Crippen LogP contribution in [0.4, 0.5) is 10.5 Å². The Balaban J connectivity index is 1.63. The number of rotatable bonds is 3. The molecular weight excluding hydrogens is 238 g/mol. The summed E-state index contributed by atoms with van der Waals surface area (Å²) >= 11 is 0. The first-order chi connectivity index (χ1) is 9.33. The average Bonchev–Trinajstić information content (AvgIpc) is 2.87. The zero-order valence-corrected chi connectivity index (χ0v) is 11.2. The molecule has 2 amide bonds. The molecule has 4 nitrogen and oxygen atoms in total. The van der Waals surface area contributed by atoms with Gasteiger partial charge in [0.15, 0.2) is 0 Å². The number of nitrogens with zero attached hydrogens (tertiary/aromatic N) is 1. The summed E-state index contributed by atoms with van der Waals surface area (Å²) < 4.78 is 0. The lowest BCUT2D eigenvalue weighted by Gasteiger charge is -2.22. The molecule has 1 aromatic carbocycles. The largest absolute Gasteiger partial charge is 0.336 e. The topological polar surface area (TPSA) is 44.4 Å². The second kappa shape index (κ2) is 5.61. The van der Waals surface area contributed by atoms with Gasteiger partial charge in [-0.3, -0.25) is 4.90 Å². The maximum Gasteiger partial charge on any atom is 0.321 e. The highest BCUT2D eigenvalue weighted by molar-refractivity contribution is 5.93. The molecular formula is C15H21N3O. The van der Waals surface area contributed by atoms with Crippen molar-refractivity contribution in [3.63, 3.8) is 0 Å². The second-order valence-electron chi connectivity index (χ2n) is 5.45. The minimum atomic E-state index is 0.0195. The third-order valence-corrected chi connectivity index (χ3v) is 4.09. The Kier molecular flexibility index (Phi) is 3.69. The van der Waals surface area contributed by atoms with Crippen LogP contribution in [0.2, 0.25) is 0 Å². The molecule has 0 radical (unpaired) electrons. The van der Waals surface area contributed by atoms with E-state index in [4.69, 9.17) is 0 Å². The molecule has 2 heterocycles. The van der Waals surface area contributed by atoms with Gasteiger partial charge in [-0.25, -0.2) is 4.79 Å². The molecule has 0 bridgehead atoms. The number of hydrogen-bond acceptors (Lipinski definition) is 2. The fraction of sp³-hybridized carbons (Fsp3) is 0.533. The van der Waals surface area contributed by atoms with E-state index in [0.717, 1.165) is 44.2 Å². The minimum Gasteiger partial charge on any atom is -0.336 e. The highest BCUT2D eigenvalue weighted by atomic mass is 16.2. The highest BCUT2D eigenvalue weighted by Gasteiger charge is 2.21. The van der Waals surface area contributed by atoms with Gasteiger partial charge in [0.05, 0.1) is 0 Å². The van der Waals surface area contributed by atoms with Crippen LogP contribution in [0.3, 0.4) is 0 Å². The van der Waals surface area contributed by atoms with Crippen LogP contribution in [0.5, 0.6) is 0 Å². The van der Waals surface area contributed by atoms with E-state index in [1.54, 1.807) is 4.90 Å². The van der Waals surface area contributed by atoms with Gasteiger partial charge in [-0.1, -0.05) is 12.1 Å². The van der Waals surface area contributed by atoms with E-state index >= 15 is 0 Å². The van der Waals surface area contributed by atoms with Gasteiger partial charge in [-0.15, -0.1) is 0 Å². The predicted molar refractivity (Wildman–Crippen MR) is 76.5 cm³/mol. The number of nitrogens with one attached hydrogen (secondary N) is 2. The maximum absolute atomic E-state index is 11.6. The third kappa shape index (κ3) is 2.89. The molecule has 19 heavy (non-hydrogen) atoms. The number of piperidine rings is 1. The number of amides is 2. The van der Waals surface area contributed by atoms with E-state index in [9.17, 15) is 4.79 Å². The van der Waals surface area contributed by atoms with Crippen LogP contribution >= 0.6 is 0 Å². The Labute approximate surface area is 114 Å². The Hall–Kier alpha value is -1.55. The quantitative estimate of drug-likeness (QED) is 0.868. The number of urea groups is 1. The molecule has 2 aliphatic rings. The lowest BCUT2D eigenvalue weighted by molar-refractivity contribution is 0.252. The maximum atomic E-state index is 11.6. The van der Waals surface area contributed by atoms with Gasteiger partial charge in [0.2, 0.25) is 0 Å². The van der Waals surface area contributed by atoms with Crippen molar-refractivity contribution < 1.29 is 4.79 Å². The second-order valence-corrected chi connectivity index (χ2v) is 5.45. The SMILES string of the molecule is O=C1NCCN1c1ccc(CC2CCNCC2)cc1. The predicted octanol–water partition coefficient (Wildman–Crippen LogP) is 1.76. The van der Waals surface area contributed by atoms with Gasteiger partial charge in [-0.2, -0.15) is 0 Å². The minimum absolute atomic E-state index is 0.0195. The summed E-state index contributed by atoms with van der Waals surface area (Å²) in [6, 6.07) is 8.50. The number of carbonyl (C=O) groups is 1. The Morgan fingerprint density at radius 1 is 1.11 bits per heavy atom. The van der Waals surface area contributed by atoms with Crippen molar-refractivity contribution in [2.45, 2.75) is 19.3 Å². The number of benzene rings is 1. The fourth-order valence-corrected chi connectivity index (χ4v) is 2.95. The Morgan fingerprint density at radius 2 is 1.84 bits per heavy atom. The average molecular weight is 259 g/mol. The van der Waals surface area contributed by atoms with E-state index < -0.39 is 0 Å². The molecule has 4 heteroatoms. The Morgan fingerprint density at radius 3 is 2.47 bits per heavy atom. The van der Waals surface area contributed by atoms with E-state index in [2.05, 4.69) is 34.9 Å². The van der Waals surface area contributed by atoms with Crippen LogP contribution in [-0.4, -0.2) is 32.2 Å². The van der Waals surface area contributed by atoms with Crippen LogP contribution < -0.4 is 15.5 Å². The van der Waals surface area contributed by atoms with Crippen molar-refractivity contribution in [2.75, 3.05) is 31.1 Å². The molecule has 0 atom stereocenters. The molecule has 0 spiro atoms. The monoisotopic (exact) mass is 259 g/mol. The van der Waals surface area contributed by atoms with Crippen molar-refractivity contribution in [3.8, 4) is 0 Å². The van der Waals surface area contributed by atoms with Gasteiger partial charge < -0.3 is 10.6 Å². The summed E-state index contributed by atoms with van der Waals surface area (Å²) in [5.74, 6) is 0.808. The summed E-state index contributed by atoms with van der Waals surface area (Å²) in [4.78, 5) is 13.4. The highest BCUT2D eigenvalue weighted by Crippen LogP contribution is 2.21. The van der Waals surface area contributed by atoms with E-state index in [-0.39, 0.29) is 6.03 Å². The molecule has 2 fully saturated rings. The zero-order chi connectivity index (χ0) is 13.1. The Bertz CT molecular complexity index is 437. The van der Waals surface area contributed by atoms with Gasteiger partial charge >= 0.3 is 6.03 Å². The van der Waals surface area contributed by atoms with Crippen molar-refractivity contribution in [3.05, 3.63) is 29.8 Å². The van der Waals surface area contributed by atoms with Gasteiger partial charge in [-0.05, 0) is 56.0 Å². The summed E-state index contributed by atoms with van der Waals surface area (Å²) in [6.07, 6.45) is 3.71. The van der Waals surface area contributed by atoms with E-state index in [1.165, 1.54) is 18.4 Å². The van der Waals surface area contributed by atoms with Crippen LogP contribution in [0.15, 0.2) is 24.3 Å². The number of anilines is 1. The van der Waals surface area contributed by atoms with Crippen LogP contribution in [0.1, 0.15) is 18.4 Å². The van der Waals surface area contributed by atoms with Crippen LogP contribution in [0.25, 0.3) is 0 Å². The number of carbonyl (C=O) groups excluding carboxylic acids is 1. The van der Waals surface area contributed by atoms with Crippen molar-refractivity contribution in [1.29, 1.82) is 0 Å². The molecule has 0 aromatic heterocycles. The molecule has 0 unspecified atom stereocenters. The summed E-state index contributed by atoms with van der Waals surface area (Å²) in [5.41, 5.74) is 2.39. The van der Waals surface area contributed by atoms with E-state index in [0.29, 0.717) is 0 Å². The molecule has 1 aromatic rings. The first kappa shape index (κ1) is 12.5. The molecule has 3 rings (SSSR count). The third-order valence-electron chi connectivity index (χ3n) is 4.09. The lowest BCUT2D eigenvalue weighted by atomic mass is 9.91. The van der Waals surface area contributed by atoms with Crippen molar-refractivity contribution in [2.24, 2.45) is 5.92 Å². The molecule has 102 valence electrons. The summed E-state index contributed by atoms with van der Waals surface area (Å²) in [6.45, 7) is 3.82. The fourth-order valence-electron chi connectivity index (χ4n) is 2.95. The summed E-state index contributed by atoms with van der Waals surface area (Å²) in [7, 11) is 0. The van der Waals surface area contributed by atoms with E-state index in [1.807, 2.05) is 0 Å². The zero-order valence-electron chi connectivity index (χ0n) is 11.2.